The molecule has 0 bridgehead atoms. The second-order valence-electron chi connectivity index (χ2n) is 5.54. The molecule has 90 valence electrons. The van der Waals surface area contributed by atoms with Gasteiger partial charge in [0.15, 0.2) is 0 Å². The van der Waals surface area contributed by atoms with Crippen LogP contribution in [0.1, 0.15) is 51.4 Å². The van der Waals surface area contributed by atoms with Crippen LogP contribution in [0.25, 0.3) is 0 Å². The molecular weight excluding hydrogens is 198 g/mol. The molecule has 0 unspecified atom stereocenters. The molecule has 0 radical (unpaired) electrons. The smallest absolute Gasteiger partial charge is 0.0668 e. The first-order valence-electron chi connectivity index (χ1n) is 6.48. The third-order valence-corrected chi connectivity index (χ3v) is 3.87. The van der Waals surface area contributed by atoms with E-state index in [0.717, 1.165) is 32.1 Å². The number of hydrogen-bond donors (Lipinski definition) is 2. The van der Waals surface area contributed by atoms with E-state index >= 15 is 0 Å². The molecule has 0 amide bonds. The van der Waals surface area contributed by atoms with Gasteiger partial charge >= 0.3 is 0 Å². The zero-order valence-corrected chi connectivity index (χ0v) is 9.99. The lowest BCUT2D eigenvalue weighted by Crippen LogP contribution is -2.46. The van der Waals surface area contributed by atoms with Gasteiger partial charge in [0.25, 0.3) is 0 Å². The van der Waals surface area contributed by atoms with Crippen molar-refractivity contribution < 1.29 is 5.11 Å². The van der Waals surface area contributed by atoms with Gasteiger partial charge in [0.05, 0.1) is 5.60 Å². The highest BCUT2D eigenvalue weighted by molar-refractivity contribution is 5.21. The van der Waals surface area contributed by atoms with Gasteiger partial charge in [0.2, 0.25) is 0 Å². The fourth-order valence-electron chi connectivity index (χ4n) is 2.99. The Morgan fingerprint density at radius 1 is 1.06 bits per heavy atom. The summed E-state index contributed by atoms with van der Waals surface area (Å²) < 4.78 is 0. The molecule has 16 heavy (non-hydrogen) atoms. The van der Waals surface area contributed by atoms with E-state index < -0.39 is 5.60 Å². The lowest BCUT2D eigenvalue weighted by Gasteiger charge is -2.36. The van der Waals surface area contributed by atoms with Crippen molar-refractivity contribution in [2.75, 3.05) is 0 Å². The molecule has 2 aliphatic rings. The average Bonchev–Trinajstić information content (AvgIpc) is 2.43. The molecule has 0 aromatic carbocycles. The van der Waals surface area contributed by atoms with Crippen molar-refractivity contribution in [3.05, 3.63) is 24.3 Å². The van der Waals surface area contributed by atoms with E-state index in [0.29, 0.717) is 6.42 Å². The molecule has 2 aliphatic carbocycles. The topological polar surface area (TPSA) is 46.2 Å². The van der Waals surface area contributed by atoms with Gasteiger partial charge in [-0.2, -0.15) is 0 Å². The summed E-state index contributed by atoms with van der Waals surface area (Å²) in [6, 6.07) is 0. The van der Waals surface area contributed by atoms with Crippen molar-refractivity contribution in [1.29, 1.82) is 0 Å². The minimum Gasteiger partial charge on any atom is -0.390 e. The number of allylic oxidation sites excluding steroid dienone is 2. The van der Waals surface area contributed by atoms with Gasteiger partial charge in [0, 0.05) is 5.54 Å². The van der Waals surface area contributed by atoms with Gasteiger partial charge in [-0.3, -0.25) is 0 Å². The van der Waals surface area contributed by atoms with Crippen molar-refractivity contribution >= 4 is 0 Å². The van der Waals surface area contributed by atoms with Gasteiger partial charge < -0.3 is 10.8 Å². The first kappa shape index (κ1) is 11.9. The van der Waals surface area contributed by atoms with Crippen molar-refractivity contribution in [1.82, 2.24) is 0 Å². The van der Waals surface area contributed by atoms with Crippen LogP contribution in [-0.2, 0) is 0 Å². The predicted octanol–water partition coefficient (Wildman–Crippen LogP) is 2.68. The number of rotatable bonds is 2. The molecule has 1 saturated carbocycles. The normalized spacial score (nSPS) is 33.6. The Morgan fingerprint density at radius 2 is 1.75 bits per heavy atom. The van der Waals surface area contributed by atoms with Gasteiger partial charge in [-0.25, -0.2) is 0 Å². The summed E-state index contributed by atoms with van der Waals surface area (Å²) >= 11 is 0. The summed E-state index contributed by atoms with van der Waals surface area (Å²) in [5.41, 5.74) is 5.48. The molecular formula is C14H23NO. The largest absolute Gasteiger partial charge is 0.390 e. The monoisotopic (exact) mass is 221 g/mol. The molecule has 2 nitrogen and oxygen atoms in total. The molecule has 1 fully saturated rings. The van der Waals surface area contributed by atoms with Crippen LogP contribution >= 0.6 is 0 Å². The molecule has 3 N–H and O–H groups in total. The van der Waals surface area contributed by atoms with Crippen LogP contribution in [0, 0.1) is 0 Å². The Hall–Kier alpha value is -0.600. The standard InChI is InChI=1S/C14H23NO/c15-13(8-4-3-5-9-13)12-14(16)10-6-1-2-7-11-14/h3-5,8,16H,1-2,6-7,9-12,15H2/t13-/m1/s1. The second kappa shape index (κ2) is 4.72. The maximum atomic E-state index is 10.6. The summed E-state index contributed by atoms with van der Waals surface area (Å²) in [6.45, 7) is 0. The Kier molecular flexibility index (Phi) is 3.50. The quantitative estimate of drug-likeness (QED) is 0.704. The van der Waals surface area contributed by atoms with Crippen molar-refractivity contribution in [3.63, 3.8) is 0 Å². The Morgan fingerprint density at radius 3 is 2.31 bits per heavy atom. The maximum Gasteiger partial charge on any atom is 0.0668 e. The van der Waals surface area contributed by atoms with Crippen LogP contribution in [0.15, 0.2) is 24.3 Å². The van der Waals surface area contributed by atoms with Gasteiger partial charge in [0.1, 0.15) is 0 Å². The number of hydrogen-bond acceptors (Lipinski definition) is 2. The van der Waals surface area contributed by atoms with Crippen LogP contribution in [-0.4, -0.2) is 16.2 Å². The van der Waals surface area contributed by atoms with Gasteiger partial charge in [-0.05, 0) is 25.7 Å². The Balaban J connectivity index is 2.01. The van der Waals surface area contributed by atoms with Crippen LogP contribution in [0.2, 0.25) is 0 Å². The molecule has 0 saturated heterocycles. The van der Waals surface area contributed by atoms with Crippen LogP contribution in [0.4, 0.5) is 0 Å². The lowest BCUT2D eigenvalue weighted by molar-refractivity contribution is 0.00209. The minimum absolute atomic E-state index is 0.326. The van der Waals surface area contributed by atoms with Crippen LogP contribution in [0.5, 0.6) is 0 Å². The fraction of sp³-hybridized carbons (Fsp3) is 0.714. The second-order valence-corrected chi connectivity index (χ2v) is 5.54. The average molecular weight is 221 g/mol. The molecule has 0 heterocycles. The Labute approximate surface area is 98.2 Å². The van der Waals surface area contributed by atoms with E-state index in [1.165, 1.54) is 12.8 Å². The van der Waals surface area contributed by atoms with Crippen molar-refractivity contribution in [2.45, 2.75) is 62.5 Å². The molecule has 0 aliphatic heterocycles. The van der Waals surface area contributed by atoms with Gasteiger partial charge in [-0.15, -0.1) is 0 Å². The summed E-state index contributed by atoms with van der Waals surface area (Å²) in [6.07, 6.45) is 16.4. The number of aliphatic hydroxyl groups is 1. The predicted molar refractivity (Wildman–Crippen MR) is 67.1 cm³/mol. The summed E-state index contributed by atoms with van der Waals surface area (Å²) in [4.78, 5) is 0. The molecule has 0 aromatic heterocycles. The van der Waals surface area contributed by atoms with E-state index in [1.807, 2.05) is 12.2 Å². The minimum atomic E-state index is -0.527. The zero-order chi connectivity index (χ0) is 11.5. The fourth-order valence-corrected chi connectivity index (χ4v) is 2.99. The highest BCUT2D eigenvalue weighted by atomic mass is 16.3. The van der Waals surface area contributed by atoms with Crippen molar-refractivity contribution in [3.8, 4) is 0 Å². The lowest BCUT2D eigenvalue weighted by atomic mass is 9.77. The first-order chi connectivity index (χ1) is 7.62. The molecule has 2 heteroatoms. The van der Waals surface area contributed by atoms with E-state index in [9.17, 15) is 5.11 Å². The van der Waals surface area contributed by atoms with E-state index in [-0.39, 0.29) is 5.54 Å². The molecule has 0 aromatic rings. The highest BCUT2D eigenvalue weighted by Crippen LogP contribution is 2.35. The number of nitrogens with two attached hydrogens (primary N) is 1. The third-order valence-electron chi connectivity index (χ3n) is 3.87. The van der Waals surface area contributed by atoms with Crippen molar-refractivity contribution in [2.24, 2.45) is 5.73 Å². The van der Waals surface area contributed by atoms with Crippen LogP contribution in [0.3, 0.4) is 0 Å². The summed E-state index contributed by atoms with van der Waals surface area (Å²) in [5.74, 6) is 0. The Bertz CT molecular complexity index is 287. The van der Waals surface area contributed by atoms with E-state index in [4.69, 9.17) is 5.73 Å². The summed E-state index contributed by atoms with van der Waals surface area (Å²) in [5, 5.41) is 10.6. The maximum absolute atomic E-state index is 10.6. The van der Waals surface area contributed by atoms with Gasteiger partial charge in [-0.1, -0.05) is 50.0 Å². The third kappa shape index (κ3) is 2.96. The van der Waals surface area contributed by atoms with E-state index in [2.05, 4.69) is 12.2 Å². The van der Waals surface area contributed by atoms with E-state index in [1.54, 1.807) is 0 Å². The van der Waals surface area contributed by atoms with Crippen LogP contribution < -0.4 is 5.73 Å². The first-order valence-corrected chi connectivity index (χ1v) is 6.48. The molecule has 2 rings (SSSR count). The molecule has 0 spiro atoms. The summed E-state index contributed by atoms with van der Waals surface area (Å²) in [7, 11) is 0. The molecule has 1 atom stereocenters. The SMILES string of the molecule is N[C@]1(CC2(O)CCCCCC2)C=CC=CC1. The highest BCUT2D eigenvalue weighted by Gasteiger charge is 2.36. The zero-order valence-electron chi connectivity index (χ0n) is 9.99.